The molecule has 0 saturated heterocycles. The molecule has 2 aromatic rings. The Hall–Kier alpha value is -1.61. The highest BCUT2D eigenvalue weighted by Crippen LogP contribution is 2.28. The molecule has 0 aliphatic heterocycles. The Labute approximate surface area is 118 Å². The van der Waals surface area contributed by atoms with Crippen molar-refractivity contribution in [2.75, 3.05) is 5.32 Å². The van der Waals surface area contributed by atoms with Crippen LogP contribution in [-0.2, 0) is 19.3 Å². The fourth-order valence-corrected chi connectivity index (χ4v) is 2.86. The number of rotatable bonds is 3. The summed E-state index contributed by atoms with van der Waals surface area (Å²) in [6.45, 7) is 2.05. The van der Waals surface area contributed by atoms with Crippen LogP contribution in [-0.4, -0.2) is 9.97 Å². The number of anilines is 2. The van der Waals surface area contributed by atoms with Crippen LogP contribution < -0.4 is 5.32 Å². The molecule has 0 saturated carbocycles. The Kier molecular flexibility index (Phi) is 3.38. The van der Waals surface area contributed by atoms with E-state index in [-0.39, 0.29) is 0 Å². The Morgan fingerprint density at radius 1 is 1.21 bits per heavy atom. The minimum atomic E-state index is 0.529. The second-order valence-corrected chi connectivity index (χ2v) is 5.17. The number of benzene rings is 1. The predicted octanol–water partition coefficient (Wildman–Crippen LogP) is 3.92. The number of aromatic nitrogens is 2. The van der Waals surface area contributed by atoms with E-state index in [1.54, 1.807) is 0 Å². The van der Waals surface area contributed by atoms with E-state index in [1.165, 1.54) is 36.7 Å². The summed E-state index contributed by atoms with van der Waals surface area (Å²) in [5.74, 6) is 0.806. The van der Waals surface area contributed by atoms with Gasteiger partial charge in [-0.05, 0) is 48.9 Å². The number of aryl methyl sites for hydroxylation is 2. The lowest BCUT2D eigenvalue weighted by Crippen LogP contribution is -2.01. The van der Waals surface area contributed by atoms with E-state index < -0.39 is 0 Å². The summed E-state index contributed by atoms with van der Waals surface area (Å²) in [5, 5.41) is 3.89. The van der Waals surface area contributed by atoms with Crippen LogP contribution in [0.15, 0.2) is 24.5 Å². The van der Waals surface area contributed by atoms with Crippen LogP contribution in [0.25, 0.3) is 0 Å². The van der Waals surface area contributed by atoms with Crippen molar-refractivity contribution in [2.24, 2.45) is 0 Å². The summed E-state index contributed by atoms with van der Waals surface area (Å²) in [5.41, 5.74) is 4.96. The third-order valence-corrected chi connectivity index (χ3v) is 3.93. The van der Waals surface area contributed by atoms with E-state index in [0.29, 0.717) is 5.15 Å². The van der Waals surface area contributed by atoms with Crippen molar-refractivity contribution in [2.45, 2.75) is 32.6 Å². The van der Waals surface area contributed by atoms with Crippen molar-refractivity contribution in [3.05, 3.63) is 46.4 Å². The first-order valence-corrected chi connectivity index (χ1v) is 7.04. The summed E-state index contributed by atoms with van der Waals surface area (Å²) >= 11 is 6.10. The van der Waals surface area contributed by atoms with Crippen LogP contribution in [0.2, 0.25) is 5.15 Å². The number of fused-ring (bicyclic) bond motifs is 1. The minimum absolute atomic E-state index is 0.529. The first kappa shape index (κ1) is 12.4. The number of nitrogens with zero attached hydrogens (tertiary/aromatic N) is 2. The predicted molar refractivity (Wildman–Crippen MR) is 78.2 cm³/mol. The first-order valence-electron chi connectivity index (χ1n) is 6.66. The fraction of sp³-hybridized carbons (Fsp3) is 0.333. The van der Waals surface area contributed by atoms with Gasteiger partial charge in [-0.25, -0.2) is 9.97 Å². The lowest BCUT2D eigenvalue weighted by molar-refractivity contribution is 0.912. The van der Waals surface area contributed by atoms with Gasteiger partial charge in [-0.3, -0.25) is 0 Å². The third kappa shape index (κ3) is 2.43. The van der Waals surface area contributed by atoms with Gasteiger partial charge in [0, 0.05) is 11.3 Å². The maximum Gasteiger partial charge on any atom is 0.138 e. The lowest BCUT2D eigenvalue weighted by atomic mass is 10.1. The summed E-state index contributed by atoms with van der Waals surface area (Å²) in [6.07, 6.45) is 5.95. The SMILES string of the molecule is CCc1c(Cl)ncnc1Nc1ccc2c(c1)CCC2. The molecule has 0 bridgehead atoms. The quantitative estimate of drug-likeness (QED) is 0.861. The molecule has 1 heterocycles. The molecule has 3 nitrogen and oxygen atoms in total. The molecule has 1 aliphatic rings. The molecule has 1 N–H and O–H groups in total. The molecule has 98 valence electrons. The van der Waals surface area contributed by atoms with Crippen LogP contribution in [0.3, 0.4) is 0 Å². The van der Waals surface area contributed by atoms with Gasteiger partial charge in [-0.1, -0.05) is 24.6 Å². The molecule has 1 aromatic carbocycles. The Balaban J connectivity index is 1.91. The second-order valence-electron chi connectivity index (χ2n) is 4.81. The van der Waals surface area contributed by atoms with Crippen molar-refractivity contribution in [3.63, 3.8) is 0 Å². The standard InChI is InChI=1S/C15H16ClN3/c1-2-13-14(16)17-9-18-15(13)19-12-7-6-10-4-3-5-11(10)8-12/h6-9H,2-5H2,1H3,(H,17,18,19). The molecule has 19 heavy (non-hydrogen) atoms. The molecular weight excluding hydrogens is 258 g/mol. The smallest absolute Gasteiger partial charge is 0.138 e. The molecular formula is C15H16ClN3. The van der Waals surface area contributed by atoms with E-state index >= 15 is 0 Å². The Morgan fingerprint density at radius 3 is 2.89 bits per heavy atom. The van der Waals surface area contributed by atoms with E-state index in [4.69, 9.17) is 11.6 Å². The number of halogens is 1. The van der Waals surface area contributed by atoms with Gasteiger partial charge in [0.05, 0.1) is 0 Å². The van der Waals surface area contributed by atoms with Crippen molar-refractivity contribution in [1.82, 2.24) is 9.97 Å². The summed E-state index contributed by atoms with van der Waals surface area (Å²) in [7, 11) is 0. The molecule has 0 fully saturated rings. The van der Waals surface area contributed by atoms with E-state index in [9.17, 15) is 0 Å². The largest absolute Gasteiger partial charge is 0.340 e. The summed E-state index contributed by atoms with van der Waals surface area (Å²) < 4.78 is 0. The highest BCUT2D eigenvalue weighted by Gasteiger charge is 2.12. The molecule has 4 heteroatoms. The van der Waals surface area contributed by atoms with Gasteiger partial charge in [0.25, 0.3) is 0 Å². The maximum absolute atomic E-state index is 6.10. The van der Waals surface area contributed by atoms with Gasteiger partial charge in [-0.15, -0.1) is 0 Å². The molecule has 1 aliphatic carbocycles. The molecule has 0 atom stereocenters. The third-order valence-electron chi connectivity index (χ3n) is 3.61. The summed E-state index contributed by atoms with van der Waals surface area (Å²) in [6, 6.07) is 6.54. The van der Waals surface area contributed by atoms with Crippen LogP contribution in [0, 0.1) is 0 Å². The Morgan fingerprint density at radius 2 is 2.05 bits per heavy atom. The molecule has 0 spiro atoms. The highest BCUT2D eigenvalue weighted by atomic mass is 35.5. The van der Waals surface area contributed by atoms with Gasteiger partial charge < -0.3 is 5.32 Å². The van der Waals surface area contributed by atoms with Gasteiger partial charge in [0.1, 0.15) is 17.3 Å². The molecule has 0 unspecified atom stereocenters. The average Bonchev–Trinajstić information content (AvgIpc) is 2.86. The van der Waals surface area contributed by atoms with Crippen molar-refractivity contribution >= 4 is 23.1 Å². The lowest BCUT2D eigenvalue weighted by Gasteiger charge is -2.11. The van der Waals surface area contributed by atoms with Crippen molar-refractivity contribution in [3.8, 4) is 0 Å². The van der Waals surface area contributed by atoms with E-state index in [1.807, 2.05) is 0 Å². The Bertz CT molecular complexity index is 610. The number of hydrogen-bond acceptors (Lipinski definition) is 3. The zero-order valence-electron chi connectivity index (χ0n) is 10.9. The van der Waals surface area contributed by atoms with Gasteiger partial charge in [-0.2, -0.15) is 0 Å². The molecule has 0 amide bonds. The molecule has 3 rings (SSSR count). The van der Waals surface area contributed by atoms with Gasteiger partial charge >= 0.3 is 0 Å². The first-order chi connectivity index (χ1) is 9.28. The second kappa shape index (κ2) is 5.17. The van der Waals surface area contributed by atoms with Crippen molar-refractivity contribution < 1.29 is 0 Å². The highest BCUT2D eigenvalue weighted by molar-refractivity contribution is 6.30. The monoisotopic (exact) mass is 273 g/mol. The zero-order chi connectivity index (χ0) is 13.2. The topological polar surface area (TPSA) is 37.8 Å². The van der Waals surface area contributed by atoms with E-state index in [2.05, 4.69) is 40.4 Å². The minimum Gasteiger partial charge on any atom is -0.340 e. The van der Waals surface area contributed by atoms with E-state index in [0.717, 1.165) is 23.5 Å². The maximum atomic E-state index is 6.10. The van der Waals surface area contributed by atoms with Gasteiger partial charge in [0.2, 0.25) is 0 Å². The zero-order valence-corrected chi connectivity index (χ0v) is 11.7. The summed E-state index contributed by atoms with van der Waals surface area (Å²) in [4.78, 5) is 8.32. The van der Waals surface area contributed by atoms with Crippen LogP contribution in [0.1, 0.15) is 30.0 Å². The van der Waals surface area contributed by atoms with Crippen LogP contribution >= 0.6 is 11.6 Å². The van der Waals surface area contributed by atoms with Gasteiger partial charge in [0.15, 0.2) is 0 Å². The average molecular weight is 274 g/mol. The van der Waals surface area contributed by atoms with Crippen LogP contribution in [0.5, 0.6) is 0 Å². The van der Waals surface area contributed by atoms with Crippen molar-refractivity contribution in [1.29, 1.82) is 0 Å². The molecule has 0 radical (unpaired) electrons. The molecule has 1 aromatic heterocycles. The van der Waals surface area contributed by atoms with Crippen LogP contribution in [0.4, 0.5) is 11.5 Å². The normalized spacial score (nSPS) is 13.4. The number of nitrogens with one attached hydrogen (secondary N) is 1. The number of hydrogen-bond donors (Lipinski definition) is 1. The fourth-order valence-electron chi connectivity index (χ4n) is 2.60.